The van der Waals surface area contributed by atoms with Crippen molar-refractivity contribution >= 4 is 23.1 Å². The highest BCUT2D eigenvalue weighted by atomic mass is 19.4. The van der Waals surface area contributed by atoms with E-state index in [-0.39, 0.29) is 22.5 Å². The minimum absolute atomic E-state index is 0.0320. The zero-order valence-electron chi connectivity index (χ0n) is 16.7. The normalized spacial score (nSPS) is 12.5. The first kappa shape index (κ1) is 22.3. The maximum atomic E-state index is 13.2. The van der Waals surface area contributed by atoms with Crippen LogP contribution in [0.2, 0.25) is 0 Å². The van der Waals surface area contributed by atoms with Crippen LogP contribution in [0, 0.1) is 0 Å². The third-order valence-corrected chi connectivity index (χ3v) is 4.87. The number of hydrogen-bond acceptors (Lipinski definition) is 2. The van der Waals surface area contributed by atoms with E-state index in [1.165, 1.54) is 42.5 Å². The predicted octanol–water partition coefficient (Wildman–Crippen LogP) is 6.59. The molecule has 0 unspecified atom stereocenters. The second-order valence-corrected chi connectivity index (χ2v) is 7.13. The molecule has 168 valence electrons. The van der Waals surface area contributed by atoms with Crippen LogP contribution >= 0.6 is 0 Å². The van der Waals surface area contributed by atoms with E-state index in [9.17, 15) is 31.1 Å². The Labute approximate surface area is 183 Å². The Morgan fingerprint density at radius 1 is 0.727 bits per heavy atom. The molecule has 4 rings (SSSR count). The van der Waals surface area contributed by atoms with Crippen LogP contribution < -0.4 is 5.56 Å². The van der Waals surface area contributed by atoms with Crippen molar-refractivity contribution in [3.63, 3.8) is 0 Å². The Hall–Kier alpha value is -3.88. The lowest BCUT2D eigenvalue weighted by molar-refractivity contribution is -0.138. The minimum Gasteiger partial charge on any atom is -0.268 e. The van der Waals surface area contributed by atoms with Gasteiger partial charge in [0.25, 0.3) is 5.56 Å². The molecule has 4 aromatic rings. The largest absolute Gasteiger partial charge is 0.416 e. The summed E-state index contributed by atoms with van der Waals surface area (Å²) in [4.78, 5) is 17.5. The molecule has 33 heavy (non-hydrogen) atoms. The summed E-state index contributed by atoms with van der Waals surface area (Å²) in [6.45, 7) is 0. The summed E-state index contributed by atoms with van der Waals surface area (Å²) < 4.78 is 79.7. The highest BCUT2D eigenvalue weighted by Gasteiger charge is 2.31. The minimum atomic E-state index is -4.63. The number of halogens is 6. The summed E-state index contributed by atoms with van der Waals surface area (Å²) in [6, 6.07) is 15.0. The number of rotatable bonds is 3. The van der Waals surface area contributed by atoms with Crippen molar-refractivity contribution in [2.45, 2.75) is 12.4 Å². The van der Waals surface area contributed by atoms with Gasteiger partial charge in [0.1, 0.15) is 5.82 Å². The summed E-state index contributed by atoms with van der Waals surface area (Å²) in [5.74, 6) is -0.0320. The number of fused-ring (bicyclic) bond motifs is 1. The molecule has 1 aromatic heterocycles. The first-order valence-electron chi connectivity index (χ1n) is 9.59. The van der Waals surface area contributed by atoms with Crippen LogP contribution in [0.25, 0.3) is 28.7 Å². The molecule has 0 aliphatic carbocycles. The third-order valence-electron chi connectivity index (χ3n) is 4.87. The van der Waals surface area contributed by atoms with E-state index in [0.29, 0.717) is 5.52 Å². The first-order chi connectivity index (χ1) is 15.5. The van der Waals surface area contributed by atoms with Crippen molar-refractivity contribution in [2.75, 3.05) is 0 Å². The van der Waals surface area contributed by atoms with Crippen LogP contribution in [0.1, 0.15) is 22.5 Å². The van der Waals surface area contributed by atoms with E-state index in [0.717, 1.165) is 28.8 Å². The average Bonchev–Trinajstić information content (AvgIpc) is 2.77. The van der Waals surface area contributed by atoms with E-state index in [4.69, 9.17) is 0 Å². The fraction of sp³-hybridized carbons (Fsp3) is 0.0833. The van der Waals surface area contributed by atoms with Crippen LogP contribution in [-0.4, -0.2) is 9.55 Å². The Kier molecular flexibility index (Phi) is 5.57. The van der Waals surface area contributed by atoms with Crippen molar-refractivity contribution < 1.29 is 26.3 Å². The molecule has 0 saturated carbocycles. The van der Waals surface area contributed by atoms with Crippen LogP contribution in [0.4, 0.5) is 26.3 Å². The average molecular weight is 460 g/mol. The molecule has 0 fully saturated rings. The topological polar surface area (TPSA) is 34.9 Å². The van der Waals surface area contributed by atoms with Crippen molar-refractivity contribution in [1.82, 2.24) is 9.55 Å². The van der Waals surface area contributed by atoms with Gasteiger partial charge in [-0.25, -0.2) is 4.98 Å². The maximum absolute atomic E-state index is 13.2. The number of aromatic nitrogens is 2. The van der Waals surface area contributed by atoms with Crippen molar-refractivity contribution in [3.8, 4) is 5.69 Å². The van der Waals surface area contributed by atoms with Gasteiger partial charge in [0, 0.05) is 0 Å². The van der Waals surface area contributed by atoms with Gasteiger partial charge >= 0.3 is 12.4 Å². The van der Waals surface area contributed by atoms with E-state index in [1.54, 1.807) is 18.2 Å². The summed E-state index contributed by atoms with van der Waals surface area (Å²) >= 11 is 0. The van der Waals surface area contributed by atoms with Gasteiger partial charge < -0.3 is 0 Å². The van der Waals surface area contributed by atoms with Gasteiger partial charge in [0.15, 0.2) is 0 Å². The molecule has 0 saturated heterocycles. The Morgan fingerprint density at radius 2 is 1.36 bits per heavy atom. The van der Waals surface area contributed by atoms with Gasteiger partial charge in [0.05, 0.1) is 27.7 Å². The molecule has 0 aliphatic heterocycles. The van der Waals surface area contributed by atoms with Gasteiger partial charge in [-0.1, -0.05) is 36.4 Å². The maximum Gasteiger partial charge on any atom is 0.416 e. The standard InChI is InChI=1S/C24H14F6N2O/c25-23(26,27)16-6-3-5-15(13-16)11-12-21-31-20-10-2-1-9-19(20)22(33)32(21)18-8-4-7-17(14-18)24(28,29)30/h1-14H. The smallest absolute Gasteiger partial charge is 0.268 e. The second kappa shape index (κ2) is 8.23. The first-order valence-corrected chi connectivity index (χ1v) is 9.59. The van der Waals surface area contributed by atoms with Gasteiger partial charge in [-0.15, -0.1) is 0 Å². The molecule has 9 heteroatoms. The van der Waals surface area contributed by atoms with E-state index < -0.39 is 29.0 Å². The van der Waals surface area contributed by atoms with Crippen LogP contribution in [-0.2, 0) is 12.4 Å². The summed E-state index contributed by atoms with van der Waals surface area (Å²) in [7, 11) is 0. The van der Waals surface area contributed by atoms with Crippen molar-refractivity contribution in [2.24, 2.45) is 0 Å². The molecule has 3 nitrogen and oxygen atoms in total. The molecule has 0 bridgehead atoms. The van der Waals surface area contributed by atoms with Crippen LogP contribution in [0.15, 0.2) is 77.6 Å². The highest BCUT2D eigenvalue weighted by molar-refractivity contribution is 5.80. The zero-order chi connectivity index (χ0) is 23.8. The van der Waals surface area contributed by atoms with Gasteiger partial charge in [-0.2, -0.15) is 26.3 Å². The molecule has 0 atom stereocenters. The monoisotopic (exact) mass is 460 g/mol. The molecular formula is C24H14F6N2O. The molecule has 1 heterocycles. The van der Waals surface area contributed by atoms with Crippen LogP contribution in [0.3, 0.4) is 0 Å². The molecule has 0 radical (unpaired) electrons. The Morgan fingerprint density at radius 3 is 2.06 bits per heavy atom. The molecule has 0 amide bonds. The lowest BCUT2D eigenvalue weighted by Gasteiger charge is -2.14. The van der Waals surface area contributed by atoms with Crippen molar-refractivity contribution in [1.29, 1.82) is 0 Å². The summed E-state index contributed by atoms with van der Waals surface area (Å²) in [6.07, 6.45) is -6.55. The number of alkyl halides is 6. The quantitative estimate of drug-likeness (QED) is 0.323. The third kappa shape index (κ3) is 4.67. The Bertz CT molecular complexity index is 1420. The van der Waals surface area contributed by atoms with Crippen molar-refractivity contribution in [3.05, 3.63) is 106 Å². The van der Waals surface area contributed by atoms with Gasteiger partial charge in [-0.05, 0) is 54.1 Å². The summed E-state index contributed by atoms with van der Waals surface area (Å²) in [5.41, 5.74) is -2.00. The SMILES string of the molecule is O=c1c2ccccc2nc(C=Cc2cccc(C(F)(F)F)c2)n1-c1cccc(C(F)(F)F)c1. The number of nitrogens with zero attached hydrogens (tertiary/aromatic N) is 2. The van der Waals surface area contributed by atoms with Crippen LogP contribution in [0.5, 0.6) is 0 Å². The summed E-state index contributed by atoms with van der Waals surface area (Å²) in [5, 5.41) is 0.186. The highest BCUT2D eigenvalue weighted by Crippen LogP contribution is 2.31. The molecule has 0 aliphatic rings. The molecule has 3 aromatic carbocycles. The second-order valence-electron chi connectivity index (χ2n) is 7.13. The molecular weight excluding hydrogens is 446 g/mol. The fourth-order valence-corrected chi connectivity index (χ4v) is 3.32. The number of benzene rings is 3. The fourth-order valence-electron chi connectivity index (χ4n) is 3.32. The number of para-hydroxylation sites is 1. The molecule has 0 N–H and O–H groups in total. The predicted molar refractivity (Wildman–Crippen MR) is 113 cm³/mol. The molecule has 0 spiro atoms. The lowest BCUT2D eigenvalue weighted by Crippen LogP contribution is -2.22. The zero-order valence-corrected chi connectivity index (χ0v) is 16.7. The Balaban J connectivity index is 1.90. The number of hydrogen-bond donors (Lipinski definition) is 0. The van der Waals surface area contributed by atoms with Gasteiger partial charge in [0.2, 0.25) is 0 Å². The van der Waals surface area contributed by atoms with E-state index >= 15 is 0 Å². The lowest BCUT2D eigenvalue weighted by atomic mass is 10.1. The van der Waals surface area contributed by atoms with Gasteiger partial charge in [-0.3, -0.25) is 9.36 Å². The van der Waals surface area contributed by atoms with E-state index in [1.807, 2.05) is 0 Å². The van der Waals surface area contributed by atoms with E-state index in [2.05, 4.69) is 4.98 Å².